The zero-order chi connectivity index (χ0) is 21.7. The largest absolute Gasteiger partial charge is 0.486 e. The maximum atomic E-state index is 11.6. The molecule has 0 spiro atoms. The van der Waals surface area contributed by atoms with E-state index in [2.05, 4.69) is 40.7 Å². The molecule has 0 atom stereocenters. The van der Waals surface area contributed by atoms with Gasteiger partial charge in [0.2, 0.25) is 0 Å². The van der Waals surface area contributed by atoms with E-state index in [0.29, 0.717) is 0 Å². The number of carboxylic acid groups (broad SMARTS) is 1. The van der Waals surface area contributed by atoms with E-state index in [9.17, 15) is 9.90 Å². The molecule has 0 bridgehead atoms. The second kappa shape index (κ2) is 7.45. The summed E-state index contributed by atoms with van der Waals surface area (Å²) >= 11 is 1.86. The first kappa shape index (κ1) is 21.0. The molecule has 0 saturated carbocycles. The summed E-state index contributed by atoms with van der Waals surface area (Å²) in [5, 5.41) is 9.49. The molecule has 5 heteroatoms. The molecule has 0 unspecified atom stereocenters. The molecule has 0 saturated heterocycles. The van der Waals surface area contributed by atoms with Crippen molar-refractivity contribution in [3.05, 3.63) is 58.1 Å². The van der Waals surface area contributed by atoms with Gasteiger partial charge in [0.1, 0.15) is 11.4 Å². The summed E-state index contributed by atoms with van der Waals surface area (Å²) in [5.74, 6) is 1.12. The van der Waals surface area contributed by atoms with Crippen molar-refractivity contribution in [2.24, 2.45) is 4.99 Å². The van der Waals surface area contributed by atoms with E-state index in [-0.39, 0.29) is 16.7 Å². The Labute approximate surface area is 182 Å². The third-order valence-corrected chi connectivity index (χ3v) is 6.75. The molecule has 0 amide bonds. The van der Waals surface area contributed by atoms with Crippen LogP contribution >= 0.6 is 11.8 Å². The number of hydrogen-bond acceptors (Lipinski definition) is 4. The second-order valence-electron chi connectivity index (χ2n) is 9.44. The molecule has 158 valence electrons. The molecule has 30 heavy (non-hydrogen) atoms. The van der Waals surface area contributed by atoms with Gasteiger partial charge in [-0.2, -0.15) is 0 Å². The van der Waals surface area contributed by atoms with Crippen LogP contribution in [0.5, 0.6) is 5.75 Å². The summed E-state index contributed by atoms with van der Waals surface area (Å²) in [6.07, 6.45) is 2.79. The predicted octanol–water partition coefficient (Wildman–Crippen LogP) is 5.77. The van der Waals surface area contributed by atoms with Gasteiger partial charge in [0.15, 0.2) is 0 Å². The second-order valence-corrected chi connectivity index (χ2v) is 10.6. The van der Waals surface area contributed by atoms with Crippen molar-refractivity contribution in [2.45, 2.75) is 69.9 Å². The van der Waals surface area contributed by atoms with Crippen molar-refractivity contribution in [1.29, 1.82) is 0 Å². The zero-order valence-corrected chi connectivity index (χ0v) is 19.2. The van der Waals surface area contributed by atoms with Crippen molar-refractivity contribution < 1.29 is 14.6 Å². The molecule has 0 aromatic heterocycles. The number of ether oxygens (including phenoxy) is 1. The minimum Gasteiger partial charge on any atom is -0.486 e. The van der Waals surface area contributed by atoms with Gasteiger partial charge in [-0.1, -0.05) is 19.1 Å². The standard InChI is InChI=1S/C25H29NO3S/c1-6-10-30-19-12-17-13-24(2,3)26-21(15-8-7-9-16(11-15)23(27)28)20(17)18-14-25(4,5)29-22(18)19/h7-9,11-12H,6,10,13-14H2,1-5H3,(H,27,28). The van der Waals surface area contributed by atoms with Crippen LogP contribution in [-0.4, -0.2) is 33.7 Å². The summed E-state index contributed by atoms with van der Waals surface area (Å²) in [7, 11) is 0. The predicted molar refractivity (Wildman–Crippen MR) is 123 cm³/mol. The van der Waals surface area contributed by atoms with Crippen LogP contribution in [0.3, 0.4) is 0 Å². The molecule has 4 rings (SSSR count). The summed E-state index contributed by atoms with van der Waals surface area (Å²) in [6.45, 7) is 10.7. The summed E-state index contributed by atoms with van der Waals surface area (Å²) in [5.41, 5.74) is 5.13. The van der Waals surface area contributed by atoms with Crippen LogP contribution in [0.2, 0.25) is 0 Å². The number of carbonyl (C=O) groups is 1. The highest BCUT2D eigenvalue weighted by molar-refractivity contribution is 7.99. The topological polar surface area (TPSA) is 58.9 Å². The normalized spacial score (nSPS) is 18.2. The number of aromatic carboxylic acids is 1. The van der Waals surface area contributed by atoms with Gasteiger partial charge in [0.25, 0.3) is 0 Å². The molecule has 2 aliphatic rings. The first-order valence-electron chi connectivity index (χ1n) is 10.5. The Morgan fingerprint density at radius 1 is 1.20 bits per heavy atom. The lowest BCUT2D eigenvalue weighted by molar-refractivity contribution is 0.0697. The van der Waals surface area contributed by atoms with E-state index in [0.717, 1.165) is 47.6 Å². The van der Waals surface area contributed by atoms with Crippen LogP contribution < -0.4 is 4.74 Å². The lowest BCUT2D eigenvalue weighted by Crippen LogP contribution is -2.30. The molecular formula is C25H29NO3S. The first-order valence-corrected chi connectivity index (χ1v) is 11.5. The van der Waals surface area contributed by atoms with E-state index in [1.165, 1.54) is 16.0 Å². The number of hydrogen-bond donors (Lipinski definition) is 1. The Balaban J connectivity index is 1.94. The zero-order valence-electron chi connectivity index (χ0n) is 18.3. The van der Waals surface area contributed by atoms with E-state index >= 15 is 0 Å². The van der Waals surface area contributed by atoms with E-state index in [1.54, 1.807) is 18.2 Å². The van der Waals surface area contributed by atoms with Crippen LogP contribution in [0, 0.1) is 0 Å². The maximum absolute atomic E-state index is 11.6. The summed E-state index contributed by atoms with van der Waals surface area (Å²) < 4.78 is 6.42. The Hall–Kier alpha value is -2.27. The Morgan fingerprint density at radius 2 is 1.97 bits per heavy atom. The molecule has 0 aliphatic carbocycles. The number of thioether (sulfide) groups is 1. The minimum absolute atomic E-state index is 0.253. The van der Waals surface area contributed by atoms with Crippen molar-refractivity contribution in [2.75, 3.05) is 5.75 Å². The van der Waals surface area contributed by atoms with Gasteiger partial charge in [-0.15, -0.1) is 11.8 Å². The molecule has 2 aromatic carbocycles. The monoisotopic (exact) mass is 423 g/mol. The fraction of sp³-hybridized carbons (Fsp3) is 0.440. The van der Waals surface area contributed by atoms with Gasteiger partial charge in [-0.3, -0.25) is 4.99 Å². The smallest absolute Gasteiger partial charge is 0.335 e. The van der Waals surface area contributed by atoms with Gasteiger partial charge in [0.05, 0.1) is 21.7 Å². The minimum atomic E-state index is -0.922. The van der Waals surface area contributed by atoms with Crippen molar-refractivity contribution in [3.8, 4) is 5.75 Å². The highest BCUT2D eigenvalue weighted by atomic mass is 32.2. The lowest BCUT2D eigenvalue weighted by Gasteiger charge is -2.31. The van der Waals surface area contributed by atoms with Crippen molar-refractivity contribution in [3.63, 3.8) is 0 Å². The highest BCUT2D eigenvalue weighted by Crippen LogP contribution is 2.47. The number of fused-ring (bicyclic) bond motifs is 3. The van der Waals surface area contributed by atoms with Crippen molar-refractivity contribution in [1.82, 2.24) is 0 Å². The van der Waals surface area contributed by atoms with Crippen LogP contribution in [0.4, 0.5) is 0 Å². The molecule has 4 nitrogen and oxygen atoms in total. The number of rotatable bonds is 5. The molecular weight excluding hydrogens is 394 g/mol. The molecule has 2 heterocycles. The number of benzene rings is 2. The van der Waals surface area contributed by atoms with E-state index in [4.69, 9.17) is 9.73 Å². The number of aliphatic imine (C=N–C) groups is 1. The van der Waals surface area contributed by atoms with Gasteiger partial charge in [-0.05, 0) is 70.1 Å². The van der Waals surface area contributed by atoms with E-state index in [1.807, 2.05) is 17.8 Å². The van der Waals surface area contributed by atoms with Crippen LogP contribution in [0.25, 0.3) is 0 Å². The SMILES string of the molecule is CCCSc1cc2c(c3c1OC(C)(C)C3)C(c1cccc(C(=O)O)c1)=NC(C)(C)C2. The van der Waals surface area contributed by atoms with Crippen LogP contribution in [0.1, 0.15) is 73.7 Å². The third-order valence-electron chi connectivity index (χ3n) is 5.53. The highest BCUT2D eigenvalue weighted by Gasteiger charge is 2.39. The average Bonchev–Trinajstić information content (AvgIpc) is 2.99. The fourth-order valence-electron chi connectivity index (χ4n) is 4.40. The average molecular weight is 424 g/mol. The lowest BCUT2D eigenvalue weighted by atomic mass is 9.81. The Bertz CT molecular complexity index is 1050. The first-order chi connectivity index (χ1) is 14.1. The molecule has 0 fully saturated rings. The number of nitrogens with zero attached hydrogens (tertiary/aromatic N) is 1. The number of carboxylic acids is 1. The summed E-state index contributed by atoms with van der Waals surface area (Å²) in [4.78, 5) is 17.9. The summed E-state index contributed by atoms with van der Waals surface area (Å²) in [6, 6.07) is 9.41. The maximum Gasteiger partial charge on any atom is 0.335 e. The Kier molecular flexibility index (Phi) is 5.21. The quantitative estimate of drug-likeness (QED) is 0.620. The molecule has 2 aliphatic heterocycles. The van der Waals surface area contributed by atoms with Gasteiger partial charge < -0.3 is 9.84 Å². The van der Waals surface area contributed by atoms with Crippen molar-refractivity contribution >= 4 is 23.4 Å². The fourth-order valence-corrected chi connectivity index (χ4v) is 5.34. The van der Waals surface area contributed by atoms with Gasteiger partial charge in [0, 0.05) is 23.1 Å². The van der Waals surface area contributed by atoms with Crippen LogP contribution in [-0.2, 0) is 12.8 Å². The molecule has 0 radical (unpaired) electrons. The van der Waals surface area contributed by atoms with Gasteiger partial charge in [-0.25, -0.2) is 4.79 Å². The van der Waals surface area contributed by atoms with Crippen LogP contribution in [0.15, 0.2) is 40.2 Å². The molecule has 2 aromatic rings. The van der Waals surface area contributed by atoms with Gasteiger partial charge >= 0.3 is 5.97 Å². The third kappa shape index (κ3) is 3.87. The molecule has 1 N–H and O–H groups in total. The van der Waals surface area contributed by atoms with E-state index < -0.39 is 5.97 Å². The Morgan fingerprint density at radius 3 is 2.67 bits per heavy atom.